The Morgan fingerprint density at radius 2 is 2.40 bits per heavy atom. The summed E-state index contributed by atoms with van der Waals surface area (Å²) in [5.74, 6) is 1.26. The van der Waals surface area contributed by atoms with E-state index in [2.05, 4.69) is 26.9 Å². The van der Waals surface area contributed by atoms with Crippen LogP contribution in [0.15, 0.2) is 17.4 Å². The average Bonchev–Trinajstić information content (AvgIpc) is 3.31. The summed E-state index contributed by atoms with van der Waals surface area (Å²) in [5.41, 5.74) is 6.00. The quantitative estimate of drug-likeness (QED) is 0.332. The molecule has 3 N–H and O–H groups in total. The van der Waals surface area contributed by atoms with E-state index in [9.17, 15) is 0 Å². The zero-order valence-electron chi connectivity index (χ0n) is 11.9. The lowest BCUT2D eigenvalue weighted by atomic mass is 10.2. The summed E-state index contributed by atoms with van der Waals surface area (Å²) in [7, 11) is 1.67. The molecule has 1 atom stereocenters. The van der Waals surface area contributed by atoms with Gasteiger partial charge < -0.3 is 20.6 Å². The second kappa shape index (κ2) is 6.51. The first kappa shape index (κ1) is 14.5. The van der Waals surface area contributed by atoms with E-state index in [0.717, 1.165) is 0 Å². The number of hydrogen-bond donors (Lipinski definition) is 2. The first-order chi connectivity index (χ1) is 9.67. The summed E-state index contributed by atoms with van der Waals surface area (Å²) in [5, 5.41) is 11.7. The number of amidine groups is 1. The van der Waals surface area contributed by atoms with Crippen molar-refractivity contribution in [1.29, 1.82) is 0 Å². The maximum absolute atomic E-state index is 8.74. The molecule has 0 spiro atoms. The summed E-state index contributed by atoms with van der Waals surface area (Å²) in [4.78, 5) is 10.8. The molecular formula is C13H21N5O2. The van der Waals surface area contributed by atoms with Gasteiger partial charge in [-0.3, -0.25) is 0 Å². The van der Waals surface area contributed by atoms with Crippen molar-refractivity contribution in [2.75, 3.05) is 25.2 Å². The van der Waals surface area contributed by atoms with Crippen molar-refractivity contribution >= 4 is 11.8 Å². The molecule has 110 valence electrons. The molecule has 1 unspecified atom stereocenters. The standard InChI is InChI=1S/C13H21N5O2/c1-9(10-3-4-10)18(7-8-20-2)13-15-6-5-11(16-13)12(14)17-19/h5-6,9-10,19H,3-4,7-8H2,1-2H3,(H2,14,17). The number of ether oxygens (including phenoxy) is 1. The molecule has 20 heavy (non-hydrogen) atoms. The average molecular weight is 279 g/mol. The number of nitrogens with two attached hydrogens (primary N) is 1. The van der Waals surface area contributed by atoms with Crippen molar-refractivity contribution in [2.24, 2.45) is 16.8 Å². The van der Waals surface area contributed by atoms with Crippen molar-refractivity contribution in [3.8, 4) is 0 Å². The van der Waals surface area contributed by atoms with Crippen molar-refractivity contribution in [2.45, 2.75) is 25.8 Å². The van der Waals surface area contributed by atoms with Crippen LogP contribution in [0.3, 0.4) is 0 Å². The molecule has 0 bridgehead atoms. The highest BCUT2D eigenvalue weighted by molar-refractivity contribution is 5.95. The Morgan fingerprint density at radius 3 is 3.00 bits per heavy atom. The summed E-state index contributed by atoms with van der Waals surface area (Å²) >= 11 is 0. The summed E-state index contributed by atoms with van der Waals surface area (Å²) in [6.07, 6.45) is 4.10. The van der Waals surface area contributed by atoms with Crippen LogP contribution >= 0.6 is 0 Å². The monoisotopic (exact) mass is 279 g/mol. The molecule has 0 saturated heterocycles. The molecule has 1 aromatic rings. The number of rotatable bonds is 7. The lowest BCUT2D eigenvalue weighted by Gasteiger charge is -2.29. The van der Waals surface area contributed by atoms with Crippen molar-refractivity contribution in [3.05, 3.63) is 18.0 Å². The Morgan fingerprint density at radius 1 is 1.65 bits per heavy atom. The van der Waals surface area contributed by atoms with Gasteiger partial charge in [0.05, 0.1) is 6.61 Å². The third-order valence-electron chi connectivity index (χ3n) is 3.60. The molecule has 1 aromatic heterocycles. The van der Waals surface area contributed by atoms with Gasteiger partial charge in [-0.05, 0) is 31.7 Å². The molecule has 0 aromatic carbocycles. The molecule has 1 saturated carbocycles. The number of oxime groups is 1. The first-order valence-corrected chi connectivity index (χ1v) is 6.74. The van der Waals surface area contributed by atoms with Gasteiger partial charge in [0, 0.05) is 25.9 Å². The van der Waals surface area contributed by atoms with Crippen LogP contribution in [0.1, 0.15) is 25.5 Å². The third-order valence-corrected chi connectivity index (χ3v) is 3.60. The van der Waals surface area contributed by atoms with E-state index in [-0.39, 0.29) is 5.84 Å². The highest BCUT2D eigenvalue weighted by Gasteiger charge is 2.33. The number of anilines is 1. The minimum absolute atomic E-state index is 0.0144. The molecule has 7 nitrogen and oxygen atoms in total. The molecule has 1 heterocycles. The van der Waals surface area contributed by atoms with Crippen LogP contribution in [0.25, 0.3) is 0 Å². The Bertz CT molecular complexity index is 476. The number of hydrogen-bond acceptors (Lipinski definition) is 6. The smallest absolute Gasteiger partial charge is 0.226 e. The molecule has 1 aliphatic rings. The van der Waals surface area contributed by atoms with Crippen molar-refractivity contribution in [1.82, 2.24) is 9.97 Å². The molecule has 1 fully saturated rings. The number of nitrogens with zero attached hydrogens (tertiary/aromatic N) is 4. The van der Waals surface area contributed by atoms with Gasteiger partial charge in [-0.15, -0.1) is 0 Å². The van der Waals surface area contributed by atoms with E-state index < -0.39 is 0 Å². The number of aromatic nitrogens is 2. The molecule has 2 rings (SSSR count). The molecule has 0 amide bonds. The summed E-state index contributed by atoms with van der Waals surface area (Å²) in [6.45, 7) is 3.49. The minimum atomic E-state index is -0.0144. The van der Waals surface area contributed by atoms with E-state index in [0.29, 0.717) is 36.8 Å². The Kier molecular flexibility index (Phi) is 4.73. The minimum Gasteiger partial charge on any atom is -0.409 e. The van der Waals surface area contributed by atoms with Crippen LogP contribution in [0.5, 0.6) is 0 Å². The predicted molar refractivity (Wildman–Crippen MR) is 76.0 cm³/mol. The van der Waals surface area contributed by atoms with Crippen LogP contribution in [0.2, 0.25) is 0 Å². The van der Waals surface area contributed by atoms with Gasteiger partial charge in [0.25, 0.3) is 0 Å². The van der Waals surface area contributed by atoms with Gasteiger partial charge in [-0.25, -0.2) is 9.97 Å². The largest absolute Gasteiger partial charge is 0.409 e. The SMILES string of the molecule is COCCN(c1nccc(/C(N)=N/O)n1)C(C)C1CC1. The van der Waals surface area contributed by atoms with Crippen molar-refractivity contribution < 1.29 is 9.94 Å². The molecule has 0 radical (unpaired) electrons. The van der Waals surface area contributed by atoms with Gasteiger partial charge in [0.1, 0.15) is 5.69 Å². The summed E-state index contributed by atoms with van der Waals surface area (Å²) in [6, 6.07) is 1.97. The van der Waals surface area contributed by atoms with Gasteiger partial charge >= 0.3 is 0 Å². The normalized spacial score (nSPS) is 17.0. The van der Waals surface area contributed by atoms with E-state index in [1.165, 1.54) is 12.8 Å². The first-order valence-electron chi connectivity index (χ1n) is 6.74. The topological polar surface area (TPSA) is 96.9 Å². The second-order valence-electron chi connectivity index (χ2n) is 4.99. The molecular weight excluding hydrogens is 258 g/mol. The van der Waals surface area contributed by atoms with Crippen LogP contribution in [0.4, 0.5) is 5.95 Å². The second-order valence-corrected chi connectivity index (χ2v) is 4.99. The molecule has 0 aliphatic heterocycles. The van der Waals surface area contributed by atoms with Gasteiger partial charge in [-0.2, -0.15) is 0 Å². The Hall–Kier alpha value is -1.89. The van der Waals surface area contributed by atoms with E-state index in [1.54, 1.807) is 19.4 Å². The van der Waals surface area contributed by atoms with E-state index >= 15 is 0 Å². The van der Waals surface area contributed by atoms with Crippen LogP contribution < -0.4 is 10.6 Å². The lowest BCUT2D eigenvalue weighted by molar-refractivity contribution is 0.202. The Balaban J connectivity index is 2.22. The summed E-state index contributed by atoms with van der Waals surface area (Å²) < 4.78 is 5.16. The Labute approximate surface area is 118 Å². The molecule has 1 aliphatic carbocycles. The maximum atomic E-state index is 8.74. The van der Waals surface area contributed by atoms with E-state index in [4.69, 9.17) is 15.7 Å². The predicted octanol–water partition coefficient (Wildman–Crippen LogP) is 0.822. The van der Waals surface area contributed by atoms with Gasteiger partial charge in [-0.1, -0.05) is 5.16 Å². The highest BCUT2D eigenvalue weighted by atomic mass is 16.5. The van der Waals surface area contributed by atoms with Crippen LogP contribution in [-0.2, 0) is 4.74 Å². The third kappa shape index (κ3) is 3.36. The van der Waals surface area contributed by atoms with Gasteiger partial charge in [0.2, 0.25) is 5.95 Å². The fourth-order valence-corrected chi connectivity index (χ4v) is 2.19. The highest BCUT2D eigenvalue weighted by Crippen LogP contribution is 2.36. The van der Waals surface area contributed by atoms with Crippen LogP contribution in [0, 0.1) is 5.92 Å². The van der Waals surface area contributed by atoms with E-state index in [1.807, 2.05) is 0 Å². The van der Waals surface area contributed by atoms with Crippen molar-refractivity contribution in [3.63, 3.8) is 0 Å². The maximum Gasteiger partial charge on any atom is 0.226 e. The number of methoxy groups -OCH3 is 1. The zero-order chi connectivity index (χ0) is 14.5. The molecule has 7 heteroatoms. The van der Waals surface area contributed by atoms with Crippen LogP contribution in [-0.4, -0.2) is 47.3 Å². The van der Waals surface area contributed by atoms with Gasteiger partial charge in [0.15, 0.2) is 5.84 Å². The fraction of sp³-hybridized carbons (Fsp3) is 0.615. The lowest BCUT2D eigenvalue weighted by Crippen LogP contribution is -2.38. The fourth-order valence-electron chi connectivity index (χ4n) is 2.19. The zero-order valence-corrected chi connectivity index (χ0v) is 11.9.